The summed E-state index contributed by atoms with van der Waals surface area (Å²) in [5.41, 5.74) is 4.79. The summed E-state index contributed by atoms with van der Waals surface area (Å²) in [6.45, 7) is 7.53. The lowest BCUT2D eigenvalue weighted by Gasteiger charge is -2.58. The number of rotatable bonds is 2. The molecule has 0 saturated heterocycles. The van der Waals surface area contributed by atoms with Gasteiger partial charge in [0, 0.05) is 22.0 Å². The van der Waals surface area contributed by atoms with Crippen LogP contribution < -0.4 is 0 Å². The minimum Gasteiger partial charge on any atom is -0.294 e. The van der Waals surface area contributed by atoms with Crippen molar-refractivity contribution in [2.45, 2.75) is 27.7 Å². The standard InChI is InChI=1S/C22H20O2/c1-13(23)19-17-9-5-7-15-11-12-16-8-6-10-18(20(19)14(2)24)22(16,4)21(15,17)3/h5-12H,1-4H3/t21-,22-/m1/s1. The van der Waals surface area contributed by atoms with Gasteiger partial charge in [0.1, 0.15) is 0 Å². The van der Waals surface area contributed by atoms with Gasteiger partial charge in [-0.05, 0) is 36.1 Å². The van der Waals surface area contributed by atoms with E-state index in [0.29, 0.717) is 11.1 Å². The lowest BCUT2D eigenvalue weighted by Crippen LogP contribution is -2.50. The molecule has 0 N–H and O–H groups in total. The predicted molar refractivity (Wildman–Crippen MR) is 95.2 cm³/mol. The Morgan fingerprint density at radius 2 is 1.08 bits per heavy atom. The van der Waals surface area contributed by atoms with Crippen molar-refractivity contribution in [2.24, 2.45) is 10.8 Å². The maximum Gasteiger partial charge on any atom is 0.160 e. The fourth-order valence-corrected chi connectivity index (χ4v) is 4.88. The van der Waals surface area contributed by atoms with Crippen LogP contribution in [0.3, 0.4) is 0 Å². The van der Waals surface area contributed by atoms with Crippen molar-refractivity contribution in [2.75, 3.05) is 0 Å². The molecule has 0 amide bonds. The monoisotopic (exact) mass is 316 g/mol. The van der Waals surface area contributed by atoms with E-state index >= 15 is 0 Å². The molecule has 0 fully saturated rings. The Morgan fingerprint density at radius 3 is 1.42 bits per heavy atom. The smallest absolute Gasteiger partial charge is 0.160 e. The molecular weight excluding hydrogens is 296 g/mol. The topological polar surface area (TPSA) is 34.1 Å². The highest BCUT2D eigenvalue weighted by atomic mass is 16.1. The molecule has 0 bridgehead atoms. The zero-order valence-corrected chi connectivity index (χ0v) is 14.4. The molecule has 2 nitrogen and oxygen atoms in total. The molecule has 0 aromatic rings. The highest BCUT2D eigenvalue weighted by Gasteiger charge is 2.59. The largest absolute Gasteiger partial charge is 0.294 e. The average molecular weight is 316 g/mol. The molecule has 120 valence electrons. The lowest BCUT2D eigenvalue weighted by atomic mass is 9.44. The van der Waals surface area contributed by atoms with Crippen LogP contribution in [0.1, 0.15) is 27.7 Å². The van der Waals surface area contributed by atoms with Crippen molar-refractivity contribution < 1.29 is 9.59 Å². The minimum absolute atomic E-state index is 0.0454. The zero-order chi connectivity index (χ0) is 17.3. The molecule has 0 saturated carbocycles. The van der Waals surface area contributed by atoms with Gasteiger partial charge in [-0.2, -0.15) is 0 Å². The predicted octanol–water partition coefficient (Wildman–Crippen LogP) is 4.35. The van der Waals surface area contributed by atoms with Gasteiger partial charge in [0.2, 0.25) is 0 Å². The Bertz CT molecular complexity index is 851. The molecule has 0 heterocycles. The SMILES string of the molecule is CC(=O)C1=C(C(C)=O)C2=CC=CC3=CC=C4C=CC=C1[C@]4(C)[C@]32C. The molecular formula is C22H20O2. The Hall–Kier alpha value is -2.48. The Labute approximate surface area is 142 Å². The van der Waals surface area contributed by atoms with Gasteiger partial charge >= 0.3 is 0 Å². The number of carbonyl (C=O) groups excluding carboxylic acids is 2. The summed E-state index contributed by atoms with van der Waals surface area (Å²) < 4.78 is 0. The van der Waals surface area contributed by atoms with Crippen LogP contribution in [0.5, 0.6) is 0 Å². The third-order valence-corrected chi connectivity index (χ3v) is 6.24. The van der Waals surface area contributed by atoms with Gasteiger partial charge in [-0.3, -0.25) is 9.59 Å². The third-order valence-electron chi connectivity index (χ3n) is 6.24. The molecule has 0 radical (unpaired) electrons. The number of ketones is 2. The Kier molecular flexibility index (Phi) is 2.85. The number of hydrogen-bond acceptors (Lipinski definition) is 2. The van der Waals surface area contributed by atoms with E-state index in [1.165, 1.54) is 11.1 Å². The van der Waals surface area contributed by atoms with Crippen LogP contribution >= 0.6 is 0 Å². The second kappa shape index (κ2) is 4.54. The van der Waals surface area contributed by atoms with Gasteiger partial charge in [0.25, 0.3) is 0 Å². The van der Waals surface area contributed by atoms with E-state index in [1.54, 1.807) is 13.8 Å². The fourth-order valence-electron chi connectivity index (χ4n) is 4.88. The number of hydrogen-bond donors (Lipinski definition) is 0. The highest BCUT2D eigenvalue weighted by Crippen LogP contribution is 2.67. The van der Waals surface area contributed by atoms with E-state index in [0.717, 1.165) is 11.1 Å². The zero-order valence-electron chi connectivity index (χ0n) is 14.4. The van der Waals surface area contributed by atoms with E-state index < -0.39 is 0 Å². The molecule has 0 spiro atoms. The summed E-state index contributed by atoms with van der Waals surface area (Å²) in [5, 5.41) is 0. The molecule has 0 aromatic carbocycles. The summed E-state index contributed by atoms with van der Waals surface area (Å²) >= 11 is 0. The maximum absolute atomic E-state index is 12.5. The summed E-state index contributed by atoms with van der Waals surface area (Å²) in [6.07, 6.45) is 16.5. The molecule has 2 heteroatoms. The van der Waals surface area contributed by atoms with Gasteiger partial charge in [-0.25, -0.2) is 0 Å². The number of Topliss-reactive ketones (excluding diaryl/α,β-unsaturated/α-hetero) is 2. The van der Waals surface area contributed by atoms with Crippen molar-refractivity contribution in [3.05, 3.63) is 82.0 Å². The van der Waals surface area contributed by atoms with Crippen molar-refractivity contribution in [3.63, 3.8) is 0 Å². The number of allylic oxidation sites excluding steroid dienone is 14. The molecule has 0 unspecified atom stereocenters. The van der Waals surface area contributed by atoms with Crippen LogP contribution in [0.25, 0.3) is 0 Å². The summed E-state index contributed by atoms with van der Waals surface area (Å²) in [5.74, 6) is -0.0909. The summed E-state index contributed by atoms with van der Waals surface area (Å²) in [7, 11) is 0. The van der Waals surface area contributed by atoms with Crippen molar-refractivity contribution in [3.8, 4) is 0 Å². The molecule has 0 aromatic heterocycles. The first-order valence-electron chi connectivity index (χ1n) is 8.31. The minimum atomic E-state index is -0.345. The quantitative estimate of drug-likeness (QED) is 0.759. The van der Waals surface area contributed by atoms with Crippen molar-refractivity contribution in [1.82, 2.24) is 0 Å². The molecule has 4 aliphatic rings. The van der Waals surface area contributed by atoms with Gasteiger partial charge in [0.05, 0.1) is 0 Å². The number of carbonyl (C=O) groups is 2. The second-order valence-electron chi connectivity index (χ2n) is 7.24. The van der Waals surface area contributed by atoms with Crippen LogP contribution in [0, 0.1) is 10.8 Å². The fraction of sp³-hybridized carbons (Fsp3) is 0.273. The summed E-state index contributed by atoms with van der Waals surface area (Å²) in [6, 6.07) is 0. The van der Waals surface area contributed by atoms with Crippen LogP contribution in [0.4, 0.5) is 0 Å². The van der Waals surface area contributed by atoms with E-state index in [4.69, 9.17) is 0 Å². The van der Waals surface area contributed by atoms with E-state index in [2.05, 4.69) is 38.2 Å². The Balaban J connectivity index is 2.23. The maximum atomic E-state index is 12.5. The van der Waals surface area contributed by atoms with Crippen LogP contribution in [0.2, 0.25) is 0 Å². The first kappa shape index (κ1) is 15.1. The first-order valence-corrected chi connectivity index (χ1v) is 8.31. The molecule has 4 rings (SSSR count). The van der Waals surface area contributed by atoms with Gasteiger partial charge in [0.15, 0.2) is 11.6 Å². The van der Waals surface area contributed by atoms with Gasteiger partial charge in [-0.15, -0.1) is 0 Å². The van der Waals surface area contributed by atoms with Gasteiger partial charge in [-0.1, -0.05) is 62.5 Å². The van der Waals surface area contributed by atoms with Gasteiger partial charge < -0.3 is 0 Å². The van der Waals surface area contributed by atoms with E-state index in [-0.39, 0.29) is 22.4 Å². The van der Waals surface area contributed by atoms with Crippen LogP contribution in [0.15, 0.2) is 82.0 Å². The van der Waals surface area contributed by atoms with Crippen molar-refractivity contribution in [1.29, 1.82) is 0 Å². The normalized spacial score (nSPS) is 32.5. The van der Waals surface area contributed by atoms with Crippen LogP contribution in [-0.2, 0) is 9.59 Å². The highest BCUT2D eigenvalue weighted by molar-refractivity contribution is 6.12. The van der Waals surface area contributed by atoms with Crippen molar-refractivity contribution >= 4 is 11.6 Å². The average Bonchev–Trinajstić information content (AvgIpc) is 2.51. The first-order chi connectivity index (χ1) is 11.3. The second-order valence-corrected chi connectivity index (χ2v) is 7.24. The molecule has 0 aliphatic heterocycles. The lowest BCUT2D eigenvalue weighted by molar-refractivity contribution is -0.116. The summed E-state index contributed by atoms with van der Waals surface area (Å²) in [4.78, 5) is 25.1. The molecule has 24 heavy (non-hydrogen) atoms. The Morgan fingerprint density at radius 1 is 0.708 bits per heavy atom. The van der Waals surface area contributed by atoms with E-state index in [1.807, 2.05) is 24.3 Å². The molecule has 2 atom stereocenters. The van der Waals surface area contributed by atoms with Crippen LogP contribution in [-0.4, -0.2) is 11.6 Å². The third kappa shape index (κ3) is 1.47. The molecule has 4 aliphatic carbocycles. The van der Waals surface area contributed by atoms with E-state index in [9.17, 15) is 9.59 Å².